The van der Waals surface area contributed by atoms with E-state index in [-0.39, 0.29) is 6.10 Å². The zero-order chi connectivity index (χ0) is 11.5. The first kappa shape index (κ1) is 11.6. The zero-order valence-corrected chi connectivity index (χ0v) is 10.1. The van der Waals surface area contributed by atoms with Gasteiger partial charge < -0.3 is 14.6 Å². The van der Waals surface area contributed by atoms with E-state index < -0.39 is 0 Å². The monoisotopic (exact) mass is 223 g/mol. The minimum absolute atomic E-state index is 0.105. The van der Waals surface area contributed by atoms with Gasteiger partial charge in [0.05, 0.1) is 6.10 Å². The fraction of sp³-hybridized carbons (Fsp3) is 0.750. The Hall–Kier alpha value is -0.870. The molecule has 4 nitrogen and oxygen atoms in total. The third-order valence-corrected chi connectivity index (χ3v) is 3.52. The third-order valence-electron chi connectivity index (χ3n) is 3.52. The standard InChI is InChI=1S/C12H21N3O/c1-10-9-14(5-3-12(10)16)7-8-15-6-4-13-11(15)2/h4,6,10,12,16H,3,5,7-9H2,1-2H3. The lowest BCUT2D eigenvalue weighted by atomic mass is 9.97. The van der Waals surface area contributed by atoms with E-state index in [1.165, 1.54) is 0 Å². The number of aryl methyl sites for hydroxylation is 1. The highest BCUT2D eigenvalue weighted by molar-refractivity contribution is 4.88. The van der Waals surface area contributed by atoms with Gasteiger partial charge in [-0.2, -0.15) is 0 Å². The Labute approximate surface area is 96.9 Å². The molecule has 2 rings (SSSR count). The molecule has 1 fully saturated rings. The molecular formula is C12H21N3O. The number of likely N-dealkylation sites (tertiary alicyclic amines) is 1. The van der Waals surface area contributed by atoms with Crippen LogP contribution in [0.2, 0.25) is 0 Å². The van der Waals surface area contributed by atoms with Crippen LogP contribution in [0, 0.1) is 12.8 Å². The maximum absolute atomic E-state index is 9.65. The SMILES string of the molecule is Cc1nccn1CCN1CCC(O)C(C)C1. The van der Waals surface area contributed by atoms with Crippen LogP contribution >= 0.6 is 0 Å². The van der Waals surface area contributed by atoms with Crippen molar-refractivity contribution in [1.29, 1.82) is 0 Å². The Morgan fingerprint density at radius 3 is 2.94 bits per heavy atom. The minimum atomic E-state index is -0.105. The van der Waals surface area contributed by atoms with Crippen molar-refractivity contribution in [1.82, 2.24) is 14.5 Å². The normalized spacial score (nSPS) is 27.2. The molecule has 1 saturated heterocycles. The average Bonchev–Trinajstić information content (AvgIpc) is 2.66. The molecule has 2 atom stereocenters. The molecule has 1 aromatic heterocycles. The summed E-state index contributed by atoms with van der Waals surface area (Å²) >= 11 is 0. The largest absolute Gasteiger partial charge is 0.393 e. The Kier molecular flexibility index (Phi) is 3.61. The molecule has 0 radical (unpaired) electrons. The molecule has 1 aliphatic heterocycles. The highest BCUT2D eigenvalue weighted by Gasteiger charge is 2.23. The molecule has 0 amide bonds. The van der Waals surface area contributed by atoms with Gasteiger partial charge in [0.2, 0.25) is 0 Å². The minimum Gasteiger partial charge on any atom is -0.393 e. The van der Waals surface area contributed by atoms with E-state index >= 15 is 0 Å². The molecule has 1 aromatic rings. The van der Waals surface area contributed by atoms with E-state index in [0.29, 0.717) is 5.92 Å². The van der Waals surface area contributed by atoms with Gasteiger partial charge in [-0.15, -0.1) is 0 Å². The van der Waals surface area contributed by atoms with Crippen LogP contribution in [0.3, 0.4) is 0 Å². The topological polar surface area (TPSA) is 41.3 Å². The first-order valence-corrected chi connectivity index (χ1v) is 6.05. The van der Waals surface area contributed by atoms with Gasteiger partial charge in [0, 0.05) is 38.6 Å². The van der Waals surface area contributed by atoms with Gasteiger partial charge in [-0.3, -0.25) is 0 Å². The molecule has 0 aromatic carbocycles. The van der Waals surface area contributed by atoms with Crippen molar-refractivity contribution in [3.05, 3.63) is 18.2 Å². The van der Waals surface area contributed by atoms with E-state index in [9.17, 15) is 5.11 Å². The summed E-state index contributed by atoms with van der Waals surface area (Å²) in [5.74, 6) is 1.47. The summed E-state index contributed by atoms with van der Waals surface area (Å²) in [5, 5.41) is 9.65. The maximum Gasteiger partial charge on any atom is 0.105 e. The van der Waals surface area contributed by atoms with Crippen LogP contribution in [0.15, 0.2) is 12.4 Å². The van der Waals surface area contributed by atoms with Crippen LogP contribution in [0.1, 0.15) is 19.2 Å². The molecule has 4 heteroatoms. The van der Waals surface area contributed by atoms with Gasteiger partial charge in [-0.05, 0) is 19.3 Å². The molecule has 0 spiro atoms. The van der Waals surface area contributed by atoms with E-state index in [1.54, 1.807) is 0 Å². The molecule has 2 unspecified atom stereocenters. The Morgan fingerprint density at radius 1 is 1.50 bits per heavy atom. The number of aliphatic hydroxyl groups excluding tert-OH is 1. The smallest absolute Gasteiger partial charge is 0.105 e. The molecule has 0 bridgehead atoms. The third kappa shape index (κ3) is 2.62. The summed E-state index contributed by atoms with van der Waals surface area (Å²) in [5.41, 5.74) is 0. The van der Waals surface area contributed by atoms with E-state index in [4.69, 9.17) is 0 Å². The van der Waals surface area contributed by atoms with Crippen LogP contribution in [-0.4, -0.2) is 45.3 Å². The predicted octanol–water partition coefficient (Wildman–Crippen LogP) is 0.894. The van der Waals surface area contributed by atoms with E-state index in [0.717, 1.165) is 38.4 Å². The van der Waals surface area contributed by atoms with Crippen molar-refractivity contribution >= 4 is 0 Å². The molecular weight excluding hydrogens is 202 g/mol. The van der Waals surface area contributed by atoms with Gasteiger partial charge in [-0.25, -0.2) is 4.98 Å². The van der Waals surface area contributed by atoms with E-state index in [2.05, 4.69) is 21.4 Å². The Bertz CT molecular complexity index is 337. The molecule has 1 aliphatic rings. The number of rotatable bonds is 3. The van der Waals surface area contributed by atoms with Crippen molar-refractivity contribution in [2.45, 2.75) is 32.9 Å². The fourth-order valence-electron chi connectivity index (χ4n) is 2.31. The van der Waals surface area contributed by atoms with Crippen molar-refractivity contribution < 1.29 is 5.11 Å². The van der Waals surface area contributed by atoms with Crippen LogP contribution in [0.4, 0.5) is 0 Å². The molecule has 0 saturated carbocycles. The van der Waals surface area contributed by atoms with Crippen molar-refractivity contribution in [3.63, 3.8) is 0 Å². The van der Waals surface area contributed by atoms with Crippen molar-refractivity contribution in [2.75, 3.05) is 19.6 Å². The maximum atomic E-state index is 9.65. The summed E-state index contributed by atoms with van der Waals surface area (Å²) in [6.07, 6.45) is 4.67. The van der Waals surface area contributed by atoms with Gasteiger partial charge >= 0.3 is 0 Å². The van der Waals surface area contributed by atoms with Gasteiger partial charge in [0.1, 0.15) is 5.82 Å². The number of piperidine rings is 1. The summed E-state index contributed by atoms with van der Waals surface area (Å²) in [6, 6.07) is 0. The first-order chi connectivity index (χ1) is 7.66. The second-order valence-corrected chi connectivity index (χ2v) is 4.80. The molecule has 90 valence electrons. The van der Waals surface area contributed by atoms with Crippen LogP contribution in [-0.2, 0) is 6.54 Å². The van der Waals surface area contributed by atoms with Crippen LogP contribution in [0.25, 0.3) is 0 Å². The quantitative estimate of drug-likeness (QED) is 0.827. The van der Waals surface area contributed by atoms with Crippen LogP contribution in [0.5, 0.6) is 0 Å². The second kappa shape index (κ2) is 4.97. The van der Waals surface area contributed by atoms with Crippen molar-refractivity contribution in [3.8, 4) is 0 Å². The lowest BCUT2D eigenvalue weighted by Crippen LogP contribution is -2.43. The van der Waals surface area contributed by atoms with Gasteiger partial charge in [0.15, 0.2) is 0 Å². The van der Waals surface area contributed by atoms with Crippen molar-refractivity contribution in [2.24, 2.45) is 5.92 Å². The summed E-state index contributed by atoms with van der Waals surface area (Å²) in [7, 11) is 0. The van der Waals surface area contributed by atoms with Gasteiger partial charge in [0.25, 0.3) is 0 Å². The summed E-state index contributed by atoms with van der Waals surface area (Å²) in [6.45, 7) is 8.22. The Balaban J connectivity index is 1.81. The number of aromatic nitrogens is 2. The van der Waals surface area contributed by atoms with Crippen LogP contribution < -0.4 is 0 Å². The first-order valence-electron chi connectivity index (χ1n) is 6.05. The lowest BCUT2D eigenvalue weighted by Gasteiger charge is -2.34. The summed E-state index contributed by atoms with van der Waals surface area (Å²) in [4.78, 5) is 6.64. The number of hydrogen-bond acceptors (Lipinski definition) is 3. The predicted molar refractivity (Wildman–Crippen MR) is 63.2 cm³/mol. The number of aliphatic hydroxyl groups is 1. The fourth-order valence-corrected chi connectivity index (χ4v) is 2.31. The zero-order valence-electron chi connectivity index (χ0n) is 10.1. The highest BCUT2D eigenvalue weighted by Crippen LogP contribution is 2.16. The Morgan fingerprint density at radius 2 is 2.31 bits per heavy atom. The molecule has 16 heavy (non-hydrogen) atoms. The summed E-state index contributed by atoms with van der Waals surface area (Å²) < 4.78 is 2.18. The number of nitrogens with zero attached hydrogens (tertiary/aromatic N) is 3. The molecule has 0 aliphatic carbocycles. The number of imidazole rings is 1. The molecule has 2 heterocycles. The second-order valence-electron chi connectivity index (χ2n) is 4.80. The number of hydrogen-bond donors (Lipinski definition) is 1. The average molecular weight is 223 g/mol. The molecule has 1 N–H and O–H groups in total. The lowest BCUT2D eigenvalue weighted by molar-refractivity contribution is 0.0338. The van der Waals surface area contributed by atoms with E-state index in [1.807, 2.05) is 19.3 Å². The highest BCUT2D eigenvalue weighted by atomic mass is 16.3. The van der Waals surface area contributed by atoms with Gasteiger partial charge in [-0.1, -0.05) is 6.92 Å².